The van der Waals surface area contributed by atoms with Crippen molar-refractivity contribution in [3.8, 4) is 0 Å². The Hall–Kier alpha value is -1.16. The Labute approximate surface area is 107 Å². The third kappa shape index (κ3) is 1.55. The van der Waals surface area contributed by atoms with Gasteiger partial charge in [-0.1, -0.05) is 19.9 Å². The molecule has 0 N–H and O–H groups in total. The Bertz CT molecular complexity index is 463. The molecule has 0 unspecified atom stereocenters. The fraction of sp³-hybridized carbons (Fsp3) is 0.643. The summed E-state index contributed by atoms with van der Waals surface area (Å²) in [5, 5.41) is 0. The summed E-state index contributed by atoms with van der Waals surface area (Å²) in [6.07, 6.45) is 1.44. The van der Waals surface area contributed by atoms with E-state index >= 15 is 0 Å². The second-order valence-corrected chi connectivity index (χ2v) is 5.94. The van der Waals surface area contributed by atoms with Gasteiger partial charge in [0.2, 0.25) is 5.95 Å². The predicted octanol–water partition coefficient (Wildman–Crippen LogP) is 2.47. The molecule has 4 heteroatoms. The van der Waals surface area contributed by atoms with Gasteiger partial charge in [-0.25, -0.2) is 4.98 Å². The molecule has 0 bridgehead atoms. The minimum atomic E-state index is -0.421. The van der Waals surface area contributed by atoms with Crippen molar-refractivity contribution in [3.63, 3.8) is 0 Å². The molecule has 0 spiro atoms. The van der Waals surface area contributed by atoms with Crippen molar-refractivity contribution in [1.82, 2.24) is 4.98 Å². The summed E-state index contributed by atoms with van der Waals surface area (Å²) in [7, 11) is 2.00. The third-order valence-corrected chi connectivity index (χ3v) is 4.52. The molecule has 0 radical (unpaired) electrons. The van der Waals surface area contributed by atoms with Crippen LogP contribution in [0.25, 0.3) is 0 Å². The molecule has 3 rings (SSSR count). The molecule has 2 aliphatic rings. The zero-order valence-electron chi connectivity index (χ0n) is 11.1. The molecular formula is C14H19FN2O. The highest BCUT2D eigenvalue weighted by Crippen LogP contribution is 2.54. The number of anilines is 1. The third-order valence-electron chi connectivity index (χ3n) is 4.52. The molecule has 1 aliphatic heterocycles. The molecule has 18 heavy (non-hydrogen) atoms. The summed E-state index contributed by atoms with van der Waals surface area (Å²) in [4.78, 5) is 6.08. The fourth-order valence-corrected chi connectivity index (χ4v) is 3.82. The van der Waals surface area contributed by atoms with E-state index in [0.29, 0.717) is 23.9 Å². The van der Waals surface area contributed by atoms with E-state index in [-0.39, 0.29) is 5.41 Å². The minimum absolute atomic E-state index is 0.101. The van der Waals surface area contributed by atoms with Gasteiger partial charge in [0.1, 0.15) is 5.82 Å². The first-order valence-electron chi connectivity index (χ1n) is 6.49. The first-order chi connectivity index (χ1) is 8.51. The molecule has 98 valence electrons. The molecule has 3 atom stereocenters. The van der Waals surface area contributed by atoms with E-state index < -0.39 is 5.95 Å². The maximum Gasteiger partial charge on any atom is 0.214 e. The second kappa shape index (κ2) is 3.92. The SMILES string of the molecule is CN(c1cccc(F)n1)[C@@H]1[C@H]2CCO[C@H]2C1(C)C. The molecule has 3 nitrogen and oxygen atoms in total. The summed E-state index contributed by atoms with van der Waals surface area (Å²) in [5.41, 5.74) is 0.101. The molecular weight excluding hydrogens is 231 g/mol. The summed E-state index contributed by atoms with van der Waals surface area (Å²) in [6.45, 7) is 5.29. The van der Waals surface area contributed by atoms with Crippen LogP contribution in [0.3, 0.4) is 0 Å². The Balaban J connectivity index is 1.87. The highest BCUT2D eigenvalue weighted by molar-refractivity contribution is 5.41. The number of ether oxygens (including phenoxy) is 1. The normalized spacial score (nSPS) is 32.8. The van der Waals surface area contributed by atoms with Crippen LogP contribution in [-0.4, -0.2) is 30.8 Å². The van der Waals surface area contributed by atoms with Crippen LogP contribution in [0.15, 0.2) is 18.2 Å². The Morgan fingerprint density at radius 2 is 2.22 bits per heavy atom. The van der Waals surface area contributed by atoms with Crippen LogP contribution >= 0.6 is 0 Å². The molecule has 1 aromatic rings. The van der Waals surface area contributed by atoms with Gasteiger partial charge in [0.15, 0.2) is 0 Å². The quantitative estimate of drug-likeness (QED) is 0.754. The number of pyridine rings is 1. The molecule has 1 saturated carbocycles. The Morgan fingerprint density at radius 1 is 1.44 bits per heavy atom. The maximum atomic E-state index is 13.2. The van der Waals surface area contributed by atoms with Crippen LogP contribution in [0.1, 0.15) is 20.3 Å². The van der Waals surface area contributed by atoms with E-state index in [4.69, 9.17) is 4.74 Å². The van der Waals surface area contributed by atoms with Crippen molar-refractivity contribution >= 4 is 5.82 Å². The van der Waals surface area contributed by atoms with Crippen LogP contribution in [-0.2, 0) is 4.74 Å². The number of aromatic nitrogens is 1. The lowest BCUT2D eigenvalue weighted by Crippen LogP contribution is -2.66. The zero-order chi connectivity index (χ0) is 12.9. The van der Waals surface area contributed by atoms with Crippen molar-refractivity contribution in [2.24, 2.45) is 11.3 Å². The number of nitrogens with zero attached hydrogens (tertiary/aromatic N) is 2. The zero-order valence-corrected chi connectivity index (χ0v) is 11.1. The Kier molecular flexibility index (Phi) is 2.59. The van der Waals surface area contributed by atoms with Gasteiger partial charge in [-0.2, -0.15) is 4.39 Å². The van der Waals surface area contributed by atoms with Gasteiger partial charge >= 0.3 is 0 Å². The van der Waals surface area contributed by atoms with E-state index in [0.717, 1.165) is 13.0 Å². The topological polar surface area (TPSA) is 25.4 Å². The minimum Gasteiger partial charge on any atom is -0.377 e. The van der Waals surface area contributed by atoms with Gasteiger partial charge < -0.3 is 9.64 Å². The van der Waals surface area contributed by atoms with Crippen molar-refractivity contribution < 1.29 is 9.13 Å². The number of halogens is 1. The molecule has 2 fully saturated rings. The standard InChI is InChI=1S/C14H19FN2O/c1-14(2)12(9-7-8-18-13(9)14)17(3)11-6-4-5-10(15)16-11/h4-6,9,12-13H,7-8H2,1-3H3/t9-,12-,13-/m1/s1. The van der Waals surface area contributed by atoms with Crippen molar-refractivity contribution in [2.45, 2.75) is 32.4 Å². The number of rotatable bonds is 2. The molecule has 0 aromatic carbocycles. The second-order valence-electron chi connectivity index (χ2n) is 5.94. The first-order valence-corrected chi connectivity index (χ1v) is 6.49. The van der Waals surface area contributed by atoms with Gasteiger partial charge in [0, 0.05) is 31.0 Å². The average Bonchev–Trinajstić information content (AvgIpc) is 2.75. The van der Waals surface area contributed by atoms with Gasteiger partial charge in [-0.15, -0.1) is 0 Å². The summed E-state index contributed by atoms with van der Waals surface area (Å²) >= 11 is 0. The number of hydrogen-bond acceptors (Lipinski definition) is 3. The summed E-state index contributed by atoms with van der Waals surface area (Å²) < 4.78 is 19.0. The van der Waals surface area contributed by atoms with Gasteiger partial charge in [-0.05, 0) is 18.6 Å². The van der Waals surface area contributed by atoms with Crippen LogP contribution in [0.2, 0.25) is 0 Å². The van der Waals surface area contributed by atoms with E-state index in [2.05, 4.69) is 23.7 Å². The largest absolute Gasteiger partial charge is 0.377 e. The summed E-state index contributed by atoms with van der Waals surface area (Å²) in [6, 6.07) is 5.33. The van der Waals surface area contributed by atoms with Crippen LogP contribution in [0.4, 0.5) is 10.2 Å². The van der Waals surface area contributed by atoms with Gasteiger partial charge in [0.05, 0.1) is 6.10 Å². The van der Waals surface area contributed by atoms with Crippen molar-refractivity contribution in [2.75, 3.05) is 18.6 Å². The lowest BCUT2D eigenvalue weighted by molar-refractivity contribution is -0.101. The molecule has 1 aliphatic carbocycles. The highest BCUT2D eigenvalue weighted by Gasteiger charge is 2.60. The van der Waals surface area contributed by atoms with Crippen LogP contribution in [0.5, 0.6) is 0 Å². The highest BCUT2D eigenvalue weighted by atomic mass is 19.1. The van der Waals surface area contributed by atoms with Crippen LogP contribution < -0.4 is 4.90 Å². The van der Waals surface area contributed by atoms with Crippen molar-refractivity contribution in [1.29, 1.82) is 0 Å². The molecule has 0 amide bonds. The average molecular weight is 250 g/mol. The van der Waals surface area contributed by atoms with E-state index in [1.165, 1.54) is 6.07 Å². The number of fused-ring (bicyclic) bond motifs is 1. The smallest absolute Gasteiger partial charge is 0.214 e. The fourth-order valence-electron chi connectivity index (χ4n) is 3.82. The van der Waals surface area contributed by atoms with E-state index in [1.54, 1.807) is 6.07 Å². The molecule has 1 saturated heterocycles. The van der Waals surface area contributed by atoms with Gasteiger partial charge in [0.25, 0.3) is 0 Å². The summed E-state index contributed by atoms with van der Waals surface area (Å²) in [5.74, 6) is 0.837. The monoisotopic (exact) mass is 250 g/mol. The van der Waals surface area contributed by atoms with Crippen LogP contribution in [0, 0.1) is 17.3 Å². The number of hydrogen-bond donors (Lipinski definition) is 0. The molecule has 2 heterocycles. The maximum absolute atomic E-state index is 13.2. The van der Waals surface area contributed by atoms with E-state index in [1.807, 2.05) is 13.1 Å². The first kappa shape index (κ1) is 11.9. The predicted molar refractivity (Wildman–Crippen MR) is 68.0 cm³/mol. The Morgan fingerprint density at radius 3 is 2.94 bits per heavy atom. The van der Waals surface area contributed by atoms with E-state index in [9.17, 15) is 4.39 Å². The van der Waals surface area contributed by atoms with Gasteiger partial charge in [-0.3, -0.25) is 0 Å². The lowest BCUT2D eigenvalue weighted by Gasteiger charge is -2.58. The molecule has 1 aromatic heterocycles. The lowest BCUT2D eigenvalue weighted by atomic mass is 9.57. The van der Waals surface area contributed by atoms with Crippen molar-refractivity contribution in [3.05, 3.63) is 24.1 Å².